The monoisotopic (exact) mass is 179 g/mol. The molecule has 0 spiro atoms. The van der Waals surface area contributed by atoms with E-state index in [1.54, 1.807) is 0 Å². The predicted molar refractivity (Wildman–Crippen MR) is 50.5 cm³/mol. The maximum Gasteiger partial charge on any atom is 0.325 e. The van der Waals surface area contributed by atoms with Crippen LogP contribution in [0.1, 0.15) is 22.7 Å². The minimum Gasteiger partial charge on any atom is -0.480 e. The number of aliphatic carboxylic acids is 1. The molecule has 0 bridgehead atoms. The van der Waals surface area contributed by atoms with Gasteiger partial charge in [0.05, 0.1) is 0 Å². The third-order valence-corrected chi connectivity index (χ3v) is 2.12. The number of carboxylic acid groups (broad SMARTS) is 1. The van der Waals surface area contributed by atoms with Crippen LogP contribution in [-0.2, 0) is 4.79 Å². The fourth-order valence-corrected chi connectivity index (χ4v) is 1.44. The summed E-state index contributed by atoms with van der Waals surface area (Å²) in [7, 11) is 0. The first kappa shape index (κ1) is 9.74. The summed E-state index contributed by atoms with van der Waals surface area (Å²) in [4.78, 5) is 10.7. The molecule has 13 heavy (non-hydrogen) atoms. The highest BCUT2D eigenvalue weighted by atomic mass is 16.4. The van der Waals surface area contributed by atoms with Gasteiger partial charge in [-0.05, 0) is 30.5 Å². The van der Waals surface area contributed by atoms with Gasteiger partial charge in [0.25, 0.3) is 0 Å². The fraction of sp³-hybridized carbons (Fsp3) is 0.300. The molecule has 70 valence electrons. The molecule has 0 aliphatic rings. The normalized spacial score (nSPS) is 12.5. The second-order valence-corrected chi connectivity index (χ2v) is 3.12. The molecule has 1 aromatic carbocycles. The van der Waals surface area contributed by atoms with Crippen LogP contribution >= 0.6 is 0 Å². The molecular weight excluding hydrogens is 166 g/mol. The highest BCUT2D eigenvalue weighted by Gasteiger charge is 2.17. The van der Waals surface area contributed by atoms with Crippen LogP contribution in [0.15, 0.2) is 18.2 Å². The molecule has 0 aliphatic heterocycles. The van der Waals surface area contributed by atoms with Gasteiger partial charge in [0, 0.05) is 0 Å². The largest absolute Gasteiger partial charge is 0.480 e. The van der Waals surface area contributed by atoms with Crippen molar-refractivity contribution in [2.75, 3.05) is 0 Å². The highest BCUT2D eigenvalue weighted by molar-refractivity contribution is 5.76. The van der Waals surface area contributed by atoms with Gasteiger partial charge in [-0.1, -0.05) is 18.2 Å². The quantitative estimate of drug-likeness (QED) is 0.721. The summed E-state index contributed by atoms with van der Waals surface area (Å²) in [6, 6.07) is 4.71. The van der Waals surface area contributed by atoms with Crippen molar-refractivity contribution in [3.05, 3.63) is 34.9 Å². The van der Waals surface area contributed by atoms with Gasteiger partial charge in [0.15, 0.2) is 0 Å². The van der Waals surface area contributed by atoms with Crippen molar-refractivity contribution in [3.63, 3.8) is 0 Å². The van der Waals surface area contributed by atoms with E-state index in [9.17, 15) is 4.79 Å². The Labute approximate surface area is 77.2 Å². The molecule has 0 aromatic heterocycles. The second-order valence-electron chi connectivity index (χ2n) is 3.12. The summed E-state index contributed by atoms with van der Waals surface area (Å²) in [5.74, 6) is -0.989. The third kappa shape index (κ3) is 1.87. The third-order valence-electron chi connectivity index (χ3n) is 2.12. The molecule has 1 atom stereocenters. The Kier molecular flexibility index (Phi) is 2.68. The Balaban J connectivity index is 3.20. The molecule has 3 nitrogen and oxygen atoms in total. The maximum atomic E-state index is 10.7. The number of benzene rings is 1. The van der Waals surface area contributed by atoms with E-state index < -0.39 is 12.0 Å². The SMILES string of the molecule is Cc1cccc(C)c1[C@H](N)C(=O)O. The molecule has 0 fully saturated rings. The van der Waals surface area contributed by atoms with Crippen molar-refractivity contribution in [1.82, 2.24) is 0 Å². The molecule has 0 radical (unpaired) electrons. The van der Waals surface area contributed by atoms with Gasteiger partial charge in [-0.3, -0.25) is 4.79 Å². The lowest BCUT2D eigenvalue weighted by Crippen LogP contribution is -2.22. The van der Waals surface area contributed by atoms with Gasteiger partial charge in [0.1, 0.15) is 6.04 Å². The van der Waals surface area contributed by atoms with Gasteiger partial charge < -0.3 is 10.8 Å². The van der Waals surface area contributed by atoms with Crippen molar-refractivity contribution >= 4 is 5.97 Å². The van der Waals surface area contributed by atoms with E-state index in [4.69, 9.17) is 10.8 Å². The lowest BCUT2D eigenvalue weighted by molar-refractivity contribution is -0.138. The smallest absolute Gasteiger partial charge is 0.325 e. The number of carboxylic acids is 1. The zero-order valence-corrected chi connectivity index (χ0v) is 7.74. The topological polar surface area (TPSA) is 63.3 Å². The van der Waals surface area contributed by atoms with E-state index >= 15 is 0 Å². The standard InChI is InChI=1S/C10H13NO2/c1-6-4-3-5-7(2)8(6)9(11)10(12)13/h3-5,9H,11H2,1-2H3,(H,12,13)/t9-/m0/s1. The Morgan fingerprint density at radius 3 is 2.23 bits per heavy atom. The average Bonchev–Trinajstić information content (AvgIpc) is 2.03. The average molecular weight is 179 g/mol. The van der Waals surface area contributed by atoms with Gasteiger partial charge in [-0.25, -0.2) is 0 Å². The van der Waals surface area contributed by atoms with E-state index in [2.05, 4.69) is 0 Å². The Morgan fingerprint density at radius 2 is 1.85 bits per heavy atom. The fourth-order valence-electron chi connectivity index (χ4n) is 1.44. The molecular formula is C10H13NO2. The van der Waals surface area contributed by atoms with Crippen LogP contribution in [0.25, 0.3) is 0 Å². The van der Waals surface area contributed by atoms with Crippen molar-refractivity contribution in [1.29, 1.82) is 0 Å². The van der Waals surface area contributed by atoms with Crippen LogP contribution in [0.4, 0.5) is 0 Å². The summed E-state index contributed by atoms with van der Waals surface area (Å²) < 4.78 is 0. The van der Waals surface area contributed by atoms with Crippen molar-refractivity contribution < 1.29 is 9.90 Å². The minimum atomic E-state index is -0.989. The Hall–Kier alpha value is -1.35. The summed E-state index contributed by atoms with van der Waals surface area (Å²) in [5, 5.41) is 8.76. The zero-order valence-electron chi connectivity index (χ0n) is 7.74. The molecule has 3 N–H and O–H groups in total. The summed E-state index contributed by atoms with van der Waals surface area (Å²) in [6.45, 7) is 3.73. The van der Waals surface area contributed by atoms with Crippen LogP contribution in [0.2, 0.25) is 0 Å². The number of carbonyl (C=O) groups is 1. The van der Waals surface area contributed by atoms with Crippen molar-refractivity contribution in [2.45, 2.75) is 19.9 Å². The molecule has 0 amide bonds. The molecule has 3 heteroatoms. The van der Waals surface area contributed by atoms with Crippen LogP contribution in [0.3, 0.4) is 0 Å². The Bertz CT molecular complexity index is 313. The van der Waals surface area contributed by atoms with Gasteiger partial charge in [-0.15, -0.1) is 0 Å². The number of hydrogen-bond donors (Lipinski definition) is 2. The lowest BCUT2D eigenvalue weighted by Gasteiger charge is -2.12. The first-order valence-corrected chi connectivity index (χ1v) is 4.08. The first-order chi connectivity index (χ1) is 6.04. The van der Waals surface area contributed by atoms with E-state index in [-0.39, 0.29) is 0 Å². The Morgan fingerprint density at radius 1 is 1.38 bits per heavy atom. The molecule has 0 aliphatic carbocycles. The first-order valence-electron chi connectivity index (χ1n) is 4.08. The number of rotatable bonds is 2. The minimum absolute atomic E-state index is 0.718. The second kappa shape index (κ2) is 3.58. The van der Waals surface area contributed by atoms with Crippen LogP contribution in [0.5, 0.6) is 0 Å². The van der Waals surface area contributed by atoms with Crippen molar-refractivity contribution in [2.24, 2.45) is 5.73 Å². The van der Waals surface area contributed by atoms with E-state index in [1.807, 2.05) is 32.0 Å². The van der Waals surface area contributed by atoms with Gasteiger partial charge in [-0.2, -0.15) is 0 Å². The maximum absolute atomic E-state index is 10.7. The van der Waals surface area contributed by atoms with E-state index in [0.717, 1.165) is 16.7 Å². The molecule has 0 saturated carbocycles. The molecule has 1 rings (SSSR count). The van der Waals surface area contributed by atoms with E-state index in [0.29, 0.717) is 0 Å². The number of aryl methyl sites for hydroxylation is 2. The number of nitrogens with two attached hydrogens (primary N) is 1. The van der Waals surface area contributed by atoms with Crippen LogP contribution < -0.4 is 5.73 Å². The predicted octanol–water partition coefficient (Wildman–Crippen LogP) is 1.39. The zero-order chi connectivity index (χ0) is 10.0. The summed E-state index contributed by atoms with van der Waals surface area (Å²) in [6.07, 6.45) is 0. The molecule has 0 saturated heterocycles. The highest BCUT2D eigenvalue weighted by Crippen LogP contribution is 2.19. The van der Waals surface area contributed by atoms with Gasteiger partial charge in [0.2, 0.25) is 0 Å². The van der Waals surface area contributed by atoms with Crippen LogP contribution in [-0.4, -0.2) is 11.1 Å². The van der Waals surface area contributed by atoms with Crippen LogP contribution in [0, 0.1) is 13.8 Å². The van der Waals surface area contributed by atoms with Gasteiger partial charge >= 0.3 is 5.97 Å². The van der Waals surface area contributed by atoms with Crippen molar-refractivity contribution in [3.8, 4) is 0 Å². The molecule has 0 unspecified atom stereocenters. The summed E-state index contributed by atoms with van der Waals surface area (Å²) in [5.41, 5.74) is 8.11. The molecule has 0 heterocycles. The molecule has 1 aromatic rings. The summed E-state index contributed by atoms with van der Waals surface area (Å²) >= 11 is 0. The van der Waals surface area contributed by atoms with E-state index in [1.165, 1.54) is 0 Å². The number of hydrogen-bond acceptors (Lipinski definition) is 2. The lowest BCUT2D eigenvalue weighted by atomic mass is 9.97.